The summed E-state index contributed by atoms with van der Waals surface area (Å²) in [5, 5.41) is 3.32. The molecule has 0 aromatic heterocycles. The molecule has 0 saturated carbocycles. The quantitative estimate of drug-likeness (QED) is 0.869. The number of anilines is 1. The number of amides is 1. The van der Waals surface area contributed by atoms with Crippen molar-refractivity contribution in [3.05, 3.63) is 57.6 Å². The standard InChI is InChI=1S/C16H17BrN2O2/c1-10-12(16(18)20)4-3-5-14(10)19-9-11-6-7-15(21-2)13(17)8-11/h3-8,19H,9H2,1-2H3,(H2,18,20). The number of carbonyl (C=O) groups excluding carboxylic acids is 1. The molecule has 0 radical (unpaired) electrons. The molecular formula is C16H17BrN2O2. The fourth-order valence-electron chi connectivity index (χ4n) is 2.11. The second-order valence-electron chi connectivity index (χ2n) is 4.66. The van der Waals surface area contributed by atoms with E-state index >= 15 is 0 Å². The molecule has 3 N–H and O–H groups in total. The van der Waals surface area contributed by atoms with E-state index in [0.29, 0.717) is 12.1 Å². The number of nitrogens with one attached hydrogen (secondary N) is 1. The Morgan fingerprint density at radius 1 is 1.33 bits per heavy atom. The molecule has 0 bridgehead atoms. The van der Waals surface area contributed by atoms with Gasteiger partial charge in [0.1, 0.15) is 5.75 Å². The summed E-state index contributed by atoms with van der Waals surface area (Å²) in [5.74, 6) is 0.383. The van der Waals surface area contributed by atoms with Crippen LogP contribution in [0.2, 0.25) is 0 Å². The number of hydrogen-bond donors (Lipinski definition) is 2. The first-order valence-electron chi connectivity index (χ1n) is 6.48. The SMILES string of the molecule is COc1ccc(CNc2cccc(C(N)=O)c2C)cc1Br. The maximum atomic E-state index is 11.3. The average molecular weight is 349 g/mol. The minimum Gasteiger partial charge on any atom is -0.496 e. The van der Waals surface area contributed by atoms with Crippen molar-refractivity contribution >= 4 is 27.5 Å². The smallest absolute Gasteiger partial charge is 0.249 e. The molecule has 5 heteroatoms. The molecule has 0 saturated heterocycles. The number of primary amides is 1. The van der Waals surface area contributed by atoms with Crippen molar-refractivity contribution in [3.63, 3.8) is 0 Å². The number of carbonyl (C=O) groups is 1. The highest BCUT2D eigenvalue weighted by atomic mass is 79.9. The van der Waals surface area contributed by atoms with Gasteiger partial charge in [0, 0.05) is 17.8 Å². The number of halogens is 1. The van der Waals surface area contributed by atoms with Crippen LogP contribution < -0.4 is 15.8 Å². The molecule has 0 aliphatic rings. The Hall–Kier alpha value is -2.01. The van der Waals surface area contributed by atoms with Crippen LogP contribution in [0.5, 0.6) is 5.75 Å². The molecule has 0 unspecified atom stereocenters. The van der Waals surface area contributed by atoms with Crippen molar-refractivity contribution in [1.82, 2.24) is 0 Å². The molecule has 2 aromatic carbocycles. The van der Waals surface area contributed by atoms with Crippen LogP contribution in [0.15, 0.2) is 40.9 Å². The third-order valence-electron chi connectivity index (χ3n) is 3.30. The van der Waals surface area contributed by atoms with Gasteiger partial charge >= 0.3 is 0 Å². The Bertz CT molecular complexity index is 671. The summed E-state index contributed by atoms with van der Waals surface area (Å²) in [6.07, 6.45) is 0. The number of nitrogens with two attached hydrogens (primary N) is 1. The van der Waals surface area contributed by atoms with Crippen LogP contribution in [0, 0.1) is 6.92 Å². The second-order valence-corrected chi connectivity index (χ2v) is 5.52. The molecule has 21 heavy (non-hydrogen) atoms. The van der Waals surface area contributed by atoms with Gasteiger partial charge < -0.3 is 15.8 Å². The predicted octanol–water partition coefficient (Wildman–Crippen LogP) is 3.48. The molecule has 0 atom stereocenters. The average Bonchev–Trinajstić information content (AvgIpc) is 2.46. The topological polar surface area (TPSA) is 64.3 Å². The summed E-state index contributed by atoms with van der Waals surface area (Å²) in [4.78, 5) is 11.3. The van der Waals surface area contributed by atoms with Crippen molar-refractivity contribution in [2.24, 2.45) is 5.73 Å². The van der Waals surface area contributed by atoms with E-state index in [9.17, 15) is 4.79 Å². The molecule has 0 fully saturated rings. The van der Waals surface area contributed by atoms with E-state index in [4.69, 9.17) is 10.5 Å². The molecule has 4 nitrogen and oxygen atoms in total. The Kier molecular flexibility index (Phi) is 4.85. The summed E-state index contributed by atoms with van der Waals surface area (Å²) in [6, 6.07) is 11.4. The van der Waals surface area contributed by atoms with Gasteiger partial charge in [0.25, 0.3) is 0 Å². The van der Waals surface area contributed by atoms with Gasteiger partial charge in [-0.3, -0.25) is 4.79 Å². The largest absolute Gasteiger partial charge is 0.496 e. The van der Waals surface area contributed by atoms with Gasteiger partial charge in [-0.2, -0.15) is 0 Å². The van der Waals surface area contributed by atoms with Crippen LogP contribution in [-0.4, -0.2) is 13.0 Å². The van der Waals surface area contributed by atoms with Gasteiger partial charge in [0.2, 0.25) is 5.91 Å². The van der Waals surface area contributed by atoms with Crippen LogP contribution in [0.1, 0.15) is 21.5 Å². The van der Waals surface area contributed by atoms with Crippen LogP contribution in [-0.2, 0) is 6.54 Å². The number of rotatable bonds is 5. The lowest BCUT2D eigenvalue weighted by Crippen LogP contribution is -2.13. The van der Waals surface area contributed by atoms with E-state index in [1.54, 1.807) is 13.2 Å². The molecule has 0 heterocycles. The molecule has 1 amide bonds. The van der Waals surface area contributed by atoms with Crippen molar-refractivity contribution in [2.75, 3.05) is 12.4 Å². The van der Waals surface area contributed by atoms with Crippen LogP contribution in [0.25, 0.3) is 0 Å². The van der Waals surface area contributed by atoms with Crippen LogP contribution in [0.4, 0.5) is 5.69 Å². The van der Waals surface area contributed by atoms with E-state index < -0.39 is 5.91 Å². The molecule has 0 aliphatic heterocycles. The van der Waals surface area contributed by atoms with E-state index in [1.807, 2.05) is 37.3 Å². The molecule has 2 rings (SSSR count). The lowest BCUT2D eigenvalue weighted by molar-refractivity contribution is 0.1000. The Morgan fingerprint density at radius 2 is 2.10 bits per heavy atom. The van der Waals surface area contributed by atoms with Crippen LogP contribution >= 0.6 is 15.9 Å². The summed E-state index contributed by atoms with van der Waals surface area (Å²) in [7, 11) is 1.64. The van der Waals surface area contributed by atoms with Gasteiger partial charge in [-0.15, -0.1) is 0 Å². The molecule has 2 aromatic rings. The van der Waals surface area contributed by atoms with Gasteiger partial charge in [-0.1, -0.05) is 12.1 Å². The highest BCUT2D eigenvalue weighted by molar-refractivity contribution is 9.10. The number of methoxy groups -OCH3 is 1. The fourth-order valence-corrected chi connectivity index (χ4v) is 2.70. The highest BCUT2D eigenvalue weighted by Gasteiger charge is 2.08. The zero-order valence-electron chi connectivity index (χ0n) is 11.9. The van der Waals surface area contributed by atoms with Crippen molar-refractivity contribution in [1.29, 1.82) is 0 Å². The second kappa shape index (κ2) is 6.63. The lowest BCUT2D eigenvalue weighted by atomic mass is 10.1. The molecular weight excluding hydrogens is 332 g/mol. The predicted molar refractivity (Wildman–Crippen MR) is 87.7 cm³/mol. The summed E-state index contributed by atoms with van der Waals surface area (Å²) >= 11 is 3.46. The lowest BCUT2D eigenvalue weighted by Gasteiger charge is -2.12. The van der Waals surface area contributed by atoms with Crippen LogP contribution in [0.3, 0.4) is 0 Å². The van der Waals surface area contributed by atoms with Crippen molar-refractivity contribution < 1.29 is 9.53 Å². The normalized spacial score (nSPS) is 10.2. The zero-order chi connectivity index (χ0) is 15.4. The number of hydrogen-bond acceptors (Lipinski definition) is 3. The number of ether oxygens (including phenoxy) is 1. The molecule has 0 spiro atoms. The Labute approximate surface area is 132 Å². The van der Waals surface area contributed by atoms with Gasteiger partial charge in [0.15, 0.2) is 0 Å². The zero-order valence-corrected chi connectivity index (χ0v) is 13.5. The summed E-state index contributed by atoms with van der Waals surface area (Å²) < 4.78 is 6.11. The van der Waals surface area contributed by atoms with Crippen molar-refractivity contribution in [3.8, 4) is 5.75 Å². The molecule has 0 aliphatic carbocycles. The first-order chi connectivity index (χ1) is 10.0. The fraction of sp³-hybridized carbons (Fsp3) is 0.188. The monoisotopic (exact) mass is 348 g/mol. The Balaban J connectivity index is 2.15. The molecule has 110 valence electrons. The number of benzene rings is 2. The summed E-state index contributed by atoms with van der Waals surface area (Å²) in [6.45, 7) is 2.53. The minimum absolute atomic E-state index is 0.414. The highest BCUT2D eigenvalue weighted by Crippen LogP contribution is 2.26. The van der Waals surface area contributed by atoms with E-state index in [-0.39, 0.29) is 0 Å². The summed E-state index contributed by atoms with van der Waals surface area (Å²) in [5.41, 5.74) is 8.76. The third-order valence-corrected chi connectivity index (χ3v) is 3.92. The van der Waals surface area contributed by atoms with E-state index in [2.05, 4.69) is 21.2 Å². The van der Waals surface area contributed by atoms with Gasteiger partial charge in [-0.05, 0) is 58.2 Å². The maximum absolute atomic E-state index is 11.3. The van der Waals surface area contributed by atoms with Crippen molar-refractivity contribution in [2.45, 2.75) is 13.5 Å². The third kappa shape index (κ3) is 3.55. The maximum Gasteiger partial charge on any atom is 0.249 e. The first kappa shape index (κ1) is 15.4. The Morgan fingerprint density at radius 3 is 2.71 bits per heavy atom. The minimum atomic E-state index is -0.414. The van der Waals surface area contributed by atoms with E-state index in [1.165, 1.54) is 0 Å². The van der Waals surface area contributed by atoms with Gasteiger partial charge in [0.05, 0.1) is 11.6 Å². The first-order valence-corrected chi connectivity index (χ1v) is 7.28. The van der Waals surface area contributed by atoms with E-state index in [0.717, 1.165) is 27.0 Å². The van der Waals surface area contributed by atoms with Gasteiger partial charge in [-0.25, -0.2) is 0 Å².